The van der Waals surface area contributed by atoms with Gasteiger partial charge in [-0.25, -0.2) is 10.4 Å². The molecule has 4 rings (SSSR count). The fraction of sp³-hybridized carbons (Fsp3) is 0.160. The molecule has 7 nitrogen and oxygen atoms in total. The molecule has 0 aliphatic carbocycles. The van der Waals surface area contributed by atoms with Crippen molar-refractivity contribution in [1.29, 1.82) is 0 Å². The standard InChI is InChI=1S/C25H23ClN4O3S/c1-2-33-23-13-18(9-12-22(23)31)14-27-29-24(32)16-34-25-28-20-5-3-4-6-21(20)30(25)15-17-7-10-19(26)11-8-17/h3-14,31H,2,15-16H2,1H3,(H,29,32). The van der Waals surface area contributed by atoms with Crippen LogP contribution in [0.5, 0.6) is 11.5 Å². The number of imidazole rings is 1. The molecule has 0 atom stereocenters. The number of hydrogen-bond donors (Lipinski definition) is 2. The maximum Gasteiger partial charge on any atom is 0.250 e. The molecular weight excluding hydrogens is 472 g/mol. The average molecular weight is 495 g/mol. The third-order valence-electron chi connectivity index (χ3n) is 4.89. The number of carbonyl (C=O) groups excluding carboxylic acids is 1. The summed E-state index contributed by atoms with van der Waals surface area (Å²) in [5.74, 6) is 0.324. The van der Waals surface area contributed by atoms with Crippen LogP contribution in [0.4, 0.5) is 0 Å². The van der Waals surface area contributed by atoms with Crippen molar-refractivity contribution >= 4 is 46.5 Å². The van der Waals surface area contributed by atoms with Gasteiger partial charge in [-0.3, -0.25) is 4.79 Å². The molecule has 2 N–H and O–H groups in total. The van der Waals surface area contributed by atoms with Gasteiger partial charge in [0, 0.05) is 5.02 Å². The minimum absolute atomic E-state index is 0.0564. The summed E-state index contributed by atoms with van der Waals surface area (Å²) in [6, 6.07) is 20.4. The largest absolute Gasteiger partial charge is 0.504 e. The van der Waals surface area contributed by atoms with Crippen LogP contribution in [-0.4, -0.2) is 39.1 Å². The summed E-state index contributed by atoms with van der Waals surface area (Å²) in [6.45, 7) is 2.88. The molecule has 3 aromatic carbocycles. The number of thioether (sulfide) groups is 1. The number of amides is 1. The lowest BCUT2D eigenvalue weighted by Gasteiger charge is -2.09. The average Bonchev–Trinajstić information content (AvgIpc) is 3.18. The highest BCUT2D eigenvalue weighted by Crippen LogP contribution is 2.27. The van der Waals surface area contributed by atoms with Gasteiger partial charge in [-0.1, -0.05) is 47.6 Å². The fourth-order valence-corrected chi connectivity index (χ4v) is 4.24. The second kappa shape index (κ2) is 11.1. The lowest BCUT2D eigenvalue weighted by atomic mass is 10.2. The number of benzene rings is 3. The van der Waals surface area contributed by atoms with Gasteiger partial charge < -0.3 is 14.4 Å². The minimum Gasteiger partial charge on any atom is -0.504 e. The van der Waals surface area contributed by atoms with E-state index >= 15 is 0 Å². The van der Waals surface area contributed by atoms with Gasteiger partial charge in [0.1, 0.15) is 0 Å². The quantitative estimate of drug-likeness (QED) is 0.192. The van der Waals surface area contributed by atoms with Crippen molar-refractivity contribution in [2.75, 3.05) is 12.4 Å². The number of ether oxygens (including phenoxy) is 1. The molecule has 34 heavy (non-hydrogen) atoms. The maximum atomic E-state index is 12.4. The molecule has 0 fully saturated rings. The van der Waals surface area contributed by atoms with E-state index in [1.54, 1.807) is 12.1 Å². The van der Waals surface area contributed by atoms with E-state index in [0.29, 0.717) is 29.5 Å². The molecule has 174 valence electrons. The molecule has 0 aliphatic rings. The molecule has 0 spiro atoms. The normalized spacial score (nSPS) is 11.2. The van der Waals surface area contributed by atoms with Crippen molar-refractivity contribution in [3.63, 3.8) is 0 Å². The van der Waals surface area contributed by atoms with Crippen LogP contribution in [0.3, 0.4) is 0 Å². The summed E-state index contributed by atoms with van der Waals surface area (Å²) in [4.78, 5) is 17.1. The van der Waals surface area contributed by atoms with E-state index < -0.39 is 0 Å². The molecule has 1 aromatic heterocycles. The van der Waals surface area contributed by atoms with Gasteiger partial charge >= 0.3 is 0 Å². The van der Waals surface area contributed by atoms with Crippen molar-refractivity contribution in [3.8, 4) is 11.5 Å². The van der Waals surface area contributed by atoms with E-state index in [2.05, 4.69) is 15.1 Å². The molecule has 1 heterocycles. The predicted molar refractivity (Wildman–Crippen MR) is 136 cm³/mol. The zero-order valence-electron chi connectivity index (χ0n) is 18.4. The molecule has 0 bridgehead atoms. The highest BCUT2D eigenvalue weighted by molar-refractivity contribution is 7.99. The first-order chi connectivity index (χ1) is 16.5. The zero-order chi connectivity index (χ0) is 23.9. The van der Waals surface area contributed by atoms with Gasteiger partial charge in [0.15, 0.2) is 16.7 Å². The number of nitrogens with one attached hydrogen (secondary N) is 1. The number of carbonyl (C=O) groups is 1. The molecule has 4 aromatic rings. The number of hydrogen-bond acceptors (Lipinski definition) is 6. The number of nitrogens with zero attached hydrogens (tertiary/aromatic N) is 3. The fourth-order valence-electron chi connectivity index (χ4n) is 3.31. The number of hydrazone groups is 1. The zero-order valence-corrected chi connectivity index (χ0v) is 20.0. The van der Waals surface area contributed by atoms with Crippen LogP contribution in [0.1, 0.15) is 18.1 Å². The molecule has 0 unspecified atom stereocenters. The number of fused-ring (bicyclic) bond motifs is 1. The summed E-state index contributed by atoms with van der Waals surface area (Å²) in [5.41, 5.74) is 6.18. The number of phenols is 1. The van der Waals surface area contributed by atoms with Gasteiger partial charge in [0.05, 0.1) is 36.2 Å². The highest BCUT2D eigenvalue weighted by Gasteiger charge is 2.13. The molecule has 0 saturated carbocycles. The Balaban J connectivity index is 1.42. The Hall–Kier alpha value is -3.49. The second-order valence-corrected chi connectivity index (χ2v) is 8.72. The summed E-state index contributed by atoms with van der Waals surface area (Å²) in [6.07, 6.45) is 1.50. The first kappa shape index (κ1) is 23.7. The van der Waals surface area contributed by atoms with Crippen LogP contribution in [0, 0.1) is 0 Å². The molecule has 1 amide bonds. The van der Waals surface area contributed by atoms with Crippen LogP contribution in [0.15, 0.2) is 77.0 Å². The Bertz CT molecular complexity index is 1320. The third-order valence-corrected chi connectivity index (χ3v) is 6.12. The number of rotatable bonds is 9. The monoisotopic (exact) mass is 494 g/mol. The van der Waals surface area contributed by atoms with Gasteiger partial charge in [-0.2, -0.15) is 5.10 Å². The van der Waals surface area contributed by atoms with Crippen molar-refractivity contribution in [2.24, 2.45) is 5.10 Å². The highest BCUT2D eigenvalue weighted by atomic mass is 35.5. The maximum absolute atomic E-state index is 12.4. The number of para-hydroxylation sites is 2. The molecular formula is C25H23ClN4O3S. The van der Waals surface area contributed by atoms with Gasteiger partial charge in [-0.15, -0.1) is 0 Å². The third kappa shape index (κ3) is 5.89. The summed E-state index contributed by atoms with van der Waals surface area (Å²) >= 11 is 7.36. The Labute approximate surface area is 206 Å². The molecule has 0 aliphatic heterocycles. The minimum atomic E-state index is -0.254. The first-order valence-electron chi connectivity index (χ1n) is 10.6. The summed E-state index contributed by atoms with van der Waals surface area (Å²) in [7, 11) is 0. The van der Waals surface area contributed by atoms with Crippen molar-refractivity contribution in [2.45, 2.75) is 18.6 Å². The van der Waals surface area contributed by atoms with E-state index in [0.717, 1.165) is 21.8 Å². The van der Waals surface area contributed by atoms with Crippen LogP contribution in [0.25, 0.3) is 11.0 Å². The van der Waals surface area contributed by atoms with Crippen LogP contribution in [-0.2, 0) is 11.3 Å². The summed E-state index contributed by atoms with van der Waals surface area (Å²) in [5, 5.41) is 15.2. The van der Waals surface area contributed by atoms with Crippen molar-refractivity contribution in [3.05, 3.63) is 82.9 Å². The van der Waals surface area contributed by atoms with E-state index in [1.165, 1.54) is 24.0 Å². The summed E-state index contributed by atoms with van der Waals surface area (Å²) < 4.78 is 7.45. The van der Waals surface area contributed by atoms with Gasteiger partial charge in [-0.05, 0) is 60.5 Å². The predicted octanol–water partition coefficient (Wildman–Crippen LogP) is 5.08. The van der Waals surface area contributed by atoms with Crippen molar-refractivity contribution in [1.82, 2.24) is 15.0 Å². The van der Waals surface area contributed by atoms with Crippen LogP contribution >= 0.6 is 23.4 Å². The Morgan fingerprint density at radius 1 is 1.21 bits per heavy atom. The molecule has 0 saturated heterocycles. The number of aromatic hydroxyl groups is 1. The van der Waals surface area contributed by atoms with E-state index in [-0.39, 0.29) is 17.4 Å². The van der Waals surface area contributed by atoms with Crippen LogP contribution < -0.4 is 10.2 Å². The van der Waals surface area contributed by atoms with Crippen LogP contribution in [0.2, 0.25) is 5.02 Å². The SMILES string of the molecule is CCOc1cc(C=NNC(=O)CSc2nc3ccccc3n2Cc2ccc(Cl)cc2)ccc1O. The van der Waals surface area contributed by atoms with E-state index in [1.807, 2.05) is 55.5 Å². The Kier molecular flexibility index (Phi) is 7.72. The number of aromatic nitrogens is 2. The Morgan fingerprint density at radius 3 is 2.79 bits per heavy atom. The Morgan fingerprint density at radius 2 is 2.00 bits per heavy atom. The number of halogens is 1. The lowest BCUT2D eigenvalue weighted by molar-refractivity contribution is -0.118. The van der Waals surface area contributed by atoms with E-state index in [9.17, 15) is 9.90 Å². The molecule has 9 heteroatoms. The van der Waals surface area contributed by atoms with Crippen molar-refractivity contribution < 1.29 is 14.6 Å². The first-order valence-corrected chi connectivity index (χ1v) is 12.0. The van der Waals surface area contributed by atoms with E-state index in [4.69, 9.17) is 21.3 Å². The topological polar surface area (TPSA) is 88.7 Å². The van der Waals surface area contributed by atoms with Gasteiger partial charge in [0.2, 0.25) is 0 Å². The smallest absolute Gasteiger partial charge is 0.250 e. The number of phenolic OH excluding ortho intramolecular Hbond substituents is 1. The van der Waals surface area contributed by atoms with Gasteiger partial charge in [0.25, 0.3) is 5.91 Å². The molecule has 0 radical (unpaired) electrons. The second-order valence-electron chi connectivity index (χ2n) is 7.34. The lowest BCUT2D eigenvalue weighted by Crippen LogP contribution is -2.20.